The molecule has 1 atom stereocenters. The van der Waals surface area contributed by atoms with Gasteiger partial charge < -0.3 is 10.6 Å². The largest absolute Gasteiger partial charge is 0.337 e. The highest BCUT2D eigenvalue weighted by Crippen LogP contribution is 2.27. The van der Waals surface area contributed by atoms with Crippen molar-refractivity contribution in [3.8, 4) is 11.3 Å². The molecule has 2 N–H and O–H groups in total. The van der Waals surface area contributed by atoms with E-state index in [9.17, 15) is 8.78 Å². The molecule has 0 radical (unpaired) electrons. The minimum absolute atomic E-state index is 0.121. The maximum absolute atomic E-state index is 13.9. The van der Waals surface area contributed by atoms with Gasteiger partial charge in [0, 0.05) is 25.3 Å². The van der Waals surface area contributed by atoms with E-state index in [1.54, 1.807) is 0 Å². The number of anilines is 1. The van der Waals surface area contributed by atoms with E-state index in [1.165, 1.54) is 30.5 Å². The molecular weight excluding hydrogens is 274 g/mol. The molecule has 1 aliphatic rings. The van der Waals surface area contributed by atoms with E-state index in [0.717, 1.165) is 19.4 Å². The summed E-state index contributed by atoms with van der Waals surface area (Å²) in [6.07, 6.45) is 3.52. The Balaban J connectivity index is 2.01. The second-order valence-corrected chi connectivity index (χ2v) is 5.06. The van der Waals surface area contributed by atoms with Gasteiger partial charge in [-0.25, -0.2) is 18.7 Å². The average molecular weight is 290 g/mol. The minimum Gasteiger partial charge on any atom is -0.337 e. The van der Waals surface area contributed by atoms with E-state index < -0.39 is 11.6 Å². The predicted molar refractivity (Wildman–Crippen MR) is 76.8 cm³/mol. The topological polar surface area (TPSA) is 55.0 Å². The van der Waals surface area contributed by atoms with Crippen molar-refractivity contribution in [2.75, 3.05) is 18.0 Å². The smallest absolute Gasteiger partial charge is 0.226 e. The van der Waals surface area contributed by atoms with Crippen LogP contribution in [0.4, 0.5) is 14.7 Å². The van der Waals surface area contributed by atoms with E-state index in [0.29, 0.717) is 12.5 Å². The van der Waals surface area contributed by atoms with Gasteiger partial charge in [0.25, 0.3) is 0 Å². The number of benzene rings is 1. The molecule has 0 bridgehead atoms. The van der Waals surface area contributed by atoms with Crippen LogP contribution in [-0.4, -0.2) is 29.1 Å². The Hall–Kier alpha value is -2.08. The van der Waals surface area contributed by atoms with Gasteiger partial charge in [0.1, 0.15) is 11.6 Å². The van der Waals surface area contributed by atoms with Crippen molar-refractivity contribution < 1.29 is 8.78 Å². The number of hydrogen-bond donors (Lipinski definition) is 1. The molecular formula is C15H16F2N4. The van der Waals surface area contributed by atoms with Crippen molar-refractivity contribution >= 4 is 5.95 Å². The highest BCUT2D eigenvalue weighted by molar-refractivity contribution is 5.61. The molecule has 2 aromatic rings. The summed E-state index contributed by atoms with van der Waals surface area (Å²) >= 11 is 0. The molecule has 0 amide bonds. The molecule has 1 aromatic carbocycles. The molecule has 1 aliphatic heterocycles. The molecule has 1 fully saturated rings. The first-order valence-corrected chi connectivity index (χ1v) is 6.95. The standard InChI is InChI=1S/C15H16F2N4/c16-11-4-1-5-12(17)14(11)13-6-7-19-15(20-13)21-8-2-3-10(21)9-18/h1,4-7,10H,2-3,8-9,18H2. The molecule has 0 spiro atoms. The van der Waals surface area contributed by atoms with E-state index in [4.69, 9.17) is 5.73 Å². The van der Waals surface area contributed by atoms with Crippen LogP contribution in [0.15, 0.2) is 30.5 Å². The summed E-state index contributed by atoms with van der Waals surface area (Å²) in [5.41, 5.74) is 5.87. The zero-order valence-corrected chi connectivity index (χ0v) is 11.5. The second kappa shape index (κ2) is 5.73. The SMILES string of the molecule is NCC1CCCN1c1nccc(-c2c(F)cccc2F)n1. The van der Waals surface area contributed by atoms with Gasteiger partial charge in [0.15, 0.2) is 0 Å². The minimum atomic E-state index is -0.628. The molecule has 4 nitrogen and oxygen atoms in total. The normalized spacial score (nSPS) is 18.2. The van der Waals surface area contributed by atoms with E-state index in [2.05, 4.69) is 9.97 Å². The Morgan fingerprint density at radius 3 is 2.71 bits per heavy atom. The van der Waals surface area contributed by atoms with Crippen LogP contribution < -0.4 is 10.6 Å². The van der Waals surface area contributed by atoms with Gasteiger partial charge in [-0.1, -0.05) is 6.07 Å². The van der Waals surface area contributed by atoms with Crippen LogP contribution in [0.5, 0.6) is 0 Å². The Labute approximate surface area is 121 Å². The van der Waals surface area contributed by atoms with Crippen LogP contribution in [0.2, 0.25) is 0 Å². The second-order valence-electron chi connectivity index (χ2n) is 5.06. The lowest BCUT2D eigenvalue weighted by Crippen LogP contribution is -2.36. The van der Waals surface area contributed by atoms with E-state index in [1.807, 2.05) is 4.90 Å². The lowest BCUT2D eigenvalue weighted by atomic mass is 10.1. The Morgan fingerprint density at radius 1 is 1.24 bits per heavy atom. The highest BCUT2D eigenvalue weighted by atomic mass is 19.1. The predicted octanol–water partition coefficient (Wildman–Crippen LogP) is 2.35. The van der Waals surface area contributed by atoms with Crippen molar-refractivity contribution in [3.63, 3.8) is 0 Å². The third kappa shape index (κ3) is 2.58. The summed E-state index contributed by atoms with van der Waals surface area (Å²) in [6.45, 7) is 1.33. The van der Waals surface area contributed by atoms with Gasteiger partial charge in [-0.3, -0.25) is 0 Å². The maximum atomic E-state index is 13.9. The summed E-state index contributed by atoms with van der Waals surface area (Å²) < 4.78 is 27.7. The van der Waals surface area contributed by atoms with Gasteiger partial charge in [0.2, 0.25) is 5.95 Å². The fraction of sp³-hybridized carbons (Fsp3) is 0.333. The Bertz CT molecular complexity index is 627. The first-order chi connectivity index (χ1) is 10.2. The molecule has 6 heteroatoms. The molecule has 2 heterocycles. The van der Waals surface area contributed by atoms with Gasteiger partial charge in [-0.15, -0.1) is 0 Å². The first kappa shape index (κ1) is 13.9. The number of nitrogens with zero attached hydrogens (tertiary/aromatic N) is 3. The molecule has 1 aromatic heterocycles. The average Bonchev–Trinajstić information content (AvgIpc) is 2.96. The summed E-state index contributed by atoms with van der Waals surface area (Å²) in [5, 5.41) is 0. The fourth-order valence-electron chi connectivity index (χ4n) is 2.71. The van der Waals surface area contributed by atoms with Crippen LogP contribution in [0.25, 0.3) is 11.3 Å². The summed E-state index contributed by atoms with van der Waals surface area (Å²) in [4.78, 5) is 10.5. The van der Waals surface area contributed by atoms with Crippen molar-refractivity contribution in [1.29, 1.82) is 0 Å². The molecule has 0 aliphatic carbocycles. The number of aromatic nitrogens is 2. The van der Waals surface area contributed by atoms with Crippen LogP contribution in [0.1, 0.15) is 12.8 Å². The highest BCUT2D eigenvalue weighted by Gasteiger charge is 2.26. The van der Waals surface area contributed by atoms with Crippen molar-refractivity contribution in [3.05, 3.63) is 42.1 Å². The number of nitrogens with two attached hydrogens (primary N) is 1. The lowest BCUT2D eigenvalue weighted by Gasteiger charge is -2.23. The summed E-state index contributed by atoms with van der Waals surface area (Å²) in [7, 11) is 0. The van der Waals surface area contributed by atoms with Crippen LogP contribution in [0, 0.1) is 11.6 Å². The third-order valence-corrected chi connectivity index (χ3v) is 3.77. The van der Waals surface area contributed by atoms with E-state index >= 15 is 0 Å². The van der Waals surface area contributed by atoms with Crippen molar-refractivity contribution in [2.45, 2.75) is 18.9 Å². The fourth-order valence-corrected chi connectivity index (χ4v) is 2.71. The lowest BCUT2D eigenvalue weighted by molar-refractivity contribution is 0.588. The Morgan fingerprint density at radius 2 is 2.00 bits per heavy atom. The van der Waals surface area contributed by atoms with Crippen LogP contribution in [0.3, 0.4) is 0 Å². The zero-order chi connectivity index (χ0) is 14.8. The molecule has 1 saturated heterocycles. The van der Waals surface area contributed by atoms with Gasteiger partial charge in [-0.2, -0.15) is 0 Å². The van der Waals surface area contributed by atoms with Crippen LogP contribution >= 0.6 is 0 Å². The Kier molecular flexibility index (Phi) is 3.79. The molecule has 3 rings (SSSR count). The summed E-state index contributed by atoms with van der Waals surface area (Å²) in [5.74, 6) is -0.781. The molecule has 1 unspecified atom stereocenters. The van der Waals surface area contributed by atoms with Crippen LogP contribution in [-0.2, 0) is 0 Å². The first-order valence-electron chi connectivity index (χ1n) is 6.95. The molecule has 21 heavy (non-hydrogen) atoms. The monoisotopic (exact) mass is 290 g/mol. The molecule has 0 saturated carbocycles. The third-order valence-electron chi connectivity index (χ3n) is 3.77. The quantitative estimate of drug-likeness (QED) is 0.942. The van der Waals surface area contributed by atoms with E-state index in [-0.39, 0.29) is 17.3 Å². The maximum Gasteiger partial charge on any atom is 0.226 e. The van der Waals surface area contributed by atoms with Gasteiger partial charge in [-0.05, 0) is 31.0 Å². The number of rotatable bonds is 3. The number of halogens is 2. The van der Waals surface area contributed by atoms with Crippen molar-refractivity contribution in [1.82, 2.24) is 9.97 Å². The zero-order valence-electron chi connectivity index (χ0n) is 11.5. The molecule has 110 valence electrons. The number of hydrogen-bond acceptors (Lipinski definition) is 4. The van der Waals surface area contributed by atoms with Gasteiger partial charge in [0.05, 0.1) is 11.3 Å². The summed E-state index contributed by atoms with van der Waals surface area (Å²) in [6, 6.07) is 5.47. The van der Waals surface area contributed by atoms with Crippen molar-refractivity contribution in [2.24, 2.45) is 5.73 Å². The van der Waals surface area contributed by atoms with Gasteiger partial charge >= 0.3 is 0 Å².